The van der Waals surface area contributed by atoms with Crippen LogP contribution in [-0.4, -0.2) is 41.4 Å². The minimum absolute atomic E-state index is 0.476. The minimum atomic E-state index is -1.26. The summed E-state index contributed by atoms with van der Waals surface area (Å²) in [4.78, 5) is 21.2. The van der Waals surface area contributed by atoms with Gasteiger partial charge in [0.05, 0.1) is 6.61 Å². The van der Waals surface area contributed by atoms with Gasteiger partial charge in [0, 0.05) is 6.54 Å². The molecule has 1 atom stereocenters. The Balaban J connectivity index is 3.80. The Hall–Kier alpha value is -1.30. The smallest absolute Gasteiger partial charge is 0.328 e. The molecule has 0 aromatic rings. The second kappa shape index (κ2) is 6.24. The van der Waals surface area contributed by atoms with E-state index in [9.17, 15) is 9.59 Å². The van der Waals surface area contributed by atoms with Crippen LogP contribution in [0.4, 0.5) is 4.79 Å². The van der Waals surface area contributed by atoms with Crippen LogP contribution < -0.4 is 10.6 Å². The number of urea groups is 1. The first kappa shape index (κ1) is 11.7. The average molecular weight is 190 g/mol. The monoisotopic (exact) mass is 190 g/mol. The number of carboxylic acids is 1. The third-order valence-corrected chi connectivity index (χ3v) is 1.32. The van der Waals surface area contributed by atoms with Crippen molar-refractivity contribution in [3.63, 3.8) is 0 Å². The van der Waals surface area contributed by atoms with Gasteiger partial charge in [0.15, 0.2) is 6.04 Å². The highest BCUT2D eigenvalue weighted by molar-refractivity contribution is 5.82. The molecule has 0 saturated carbocycles. The van der Waals surface area contributed by atoms with Gasteiger partial charge in [0.1, 0.15) is 0 Å². The third-order valence-electron chi connectivity index (χ3n) is 1.32. The summed E-state index contributed by atoms with van der Waals surface area (Å²) in [6.07, 6.45) is 0.768. The molecule has 4 N–H and O–H groups in total. The number of nitrogens with one attached hydrogen (secondary N) is 2. The topological polar surface area (TPSA) is 98.7 Å². The van der Waals surface area contributed by atoms with Gasteiger partial charge < -0.3 is 20.8 Å². The van der Waals surface area contributed by atoms with Crippen molar-refractivity contribution in [2.24, 2.45) is 0 Å². The predicted molar refractivity (Wildman–Crippen MR) is 45.3 cm³/mol. The Morgan fingerprint density at radius 3 is 2.46 bits per heavy atom. The normalized spacial score (nSPS) is 11.8. The number of aliphatic hydroxyl groups excluding tert-OH is 1. The Kier molecular flexibility index (Phi) is 5.62. The summed E-state index contributed by atoms with van der Waals surface area (Å²) in [5.41, 5.74) is 0. The van der Waals surface area contributed by atoms with Crippen LogP contribution in [0.1, 0.15) is 13.3 Å². The largest absolute Gasteiger partial charge is 0.480 e. The van der Waals surface area contributed by atoms with Crippen LogP contribution in [0.15, 0.2) is 0 Å². The second-order valence-corrected chi connectivity index (χ2v) is 2.47. The number of hydrogen-bond acceptors (Lipinski definition) is 3. The van der Waals surface area contributed by atoms with Gasteiger partial charge in [-0.1, -0.05) is 6.92 Å². The summed E-state index contributed by atoms with van der Waals surface area (Å²) in [5, 5.41) is 21.5. The SMILES string of the molecule is CCCNC(=O)N[C@H](CO)C(=O)O. The molecule has 0 aliphatic heterocycles. The van der Waals surface area contributed by atoms with Crippen molar-refractivity contribution >= 4 is 12.0 Å². The molecule has 6 heteroatoms. The minimum Gasteiger partial charge on any atom is -0.480 e. The molecule has 76 valence electrons. The molecule has 0 aromatic heterocycles. The zero-order valence-corrected chi connectivity index (χ0v) is 7.41. The summed E-state index contributed by atoms with van der Waals surface area (Å²) >= 11 is 0. The molecule has 0 saturated heterocycles. The number of aliphatic carboxylic acids is 1. The van der Waals surface area contributed by atoms with E-state index in [4.69, 9.17) is 10.2 Å². The highest BCUT2D eigenvalue weighted by Gasteiger charge is 2.17. The van der Waals surface area contributed by atoms with Crippen molar-refractivity contribution in [3.8, 4) is 0 Å². The van der Waals surface area contributed by atoms with Gasteiger partial charge in [-0.3, -0.25) is 0 Å². The molecule has 0 unspecified atom stereocenters. The van der Waals surface area contributed by atoms with Crippen LogP contribution in [0.5, 0.6) is 0 Å². The first-order valence-electron chi connectivity index (χ1n) is 3.99. The Morgan fingerprint density at radius 2 is 2.08 bits per heavy atom. The van der Waals surface area contributed by atoms with Crippen LogP contribution in [-0.2, 0) is 4.79 Å². The fourth-order valence-electron chi connectivity index (χ4n) is 0.633. The standard InChI is InChI=1S/C7H14N2O4/c1-2-3-8-7(13)9-5(4-10)6(11)12/h5,10H,2-4H2,1H3,(H,11,12)(H2,8,9,13)/t5-/m1/s1. The van der Waals surface area contributed by atoms with E-state index < -0.39 is 24.6 Å². The van der Waals surface area contributed by atoms with Crippen molar-refractivity contribution in [1.82, 2.24) is 10.6 Å². The third kappa shape index (κ3) is 5.02. The molecule has 0 aromatic carbocycles. The maximum Gasteiger partial charge on any atom is 0.328 e. The second-order valence-electron chi connectivity index (χ2n) is 2.47. The van der Waals surface area contributed by atoms with Gasteiger partial charge >= 0.3 is 12.0 Å². The highest BCUT2D eigenvalue weighted by atomic mass is 16.4. The summed E-state index contributed by atoms with van der Waals surface area (Å²) in [7, 11) is 0. The fraction of sp³-hybridized carbons (Fsp3) is 0.714. The lowest BCUT2D eigenvalue weighted by Crippen LogP contribution is -2.48. The maximum atomic E-state index is 10.9. The van der Waals surface area contributed by atoms with Crippen LogP contribution in [0, 0.1) is 0 Å². The van der Waals surface area contributed by atoms with E-state index in [0.29, 0.717) is 6.54 Å². The van der Waals surface area contributed by atoms with Gasteiger partial charge in [-0.15, -0.1) is 0 Å². The predicted octanol–water partition coefficient (Wildman–Crippen LogP) is -0.859. The Bertz CT molecular complexity index is 183. The summed E-state index contributed by atoms with van der Waals surface area (Å²) < 4.78 is 0. The molecule has 0 aliphatic rings. The number of rotatable bonds is 5. The molecule has 13 heavy (non-hydrogen) atoms. The maximum absolute atomic E-state index is 10.9. The van der Waals surface area contributed by atoms with Crippen molar-refractivity contribution < 1.29 is 19.8 Å². The van der Waals surface area contributed by atoms with E-state index in [2.05, 4.69) is 10.6 Å². The molecule has 0 rings (SSSR count). The molecule has 6 nitrogen and oxygen atoms in total. The number of carbonyl (C=O) groups is 2. The van der Waals surface area contributed by atoms with Crippen LogP contribution >= 0.6 is 0 Å². The summed E-state index contributed by atoms with van der Waals surface area (Å²) in [6, 6.07) is -1.82. The van der Waals surface area contributed by atoms with E-state index in [1.165, 1.54) is 0 Å². The molecule has 0 spiro atoms. The van der Waals surface area contributed by atoms with Crippen LogP contribution in [0.25, 0.3) is 0 Å². The van der Waals surface area contributed by atoms with Crippen molar-refractivity contribution in [3.05, 3.63) is 0 Å². The zero-order chi connectivity index (χ0) is 10.3. The lowest BCUT2D eigenvalue weighted by atomic mass is 10.3. The first-order chi connectivity index (χ1) is 6.11. The molecule has 0 heterocycles. The van der Waals surface area contributed by atoms with Crippen LogP contribution in [0.3, 0.4) is 0 Å². The van der Waals surface area contributed by atoms with Gasteiger partial charge in [0.2, 0.25) is 0 Å². The number of carboxylic acid groups (broad SMARTS) is 1. The van der Waals surface area contributed by atoms with Crippen molar-refractivity contribution in [2.45, 2.75) is 19.4 Å². The van der Waals surface area contributed by atoms with E-state index >= 15 is 0 Å². The zero-order valence-electron chi connectivity index (χ0n) is 7.41. The van der Waals surface area contributed by atoms with Crippen molar-refractivity contribution in [1.29, 1.82) is 0 Å². The van der Waals surface area contributed by atoms with E-state index in [-0.39, 0.29) is 0 Å². The number of amides is 2. The molecular weight excluding hydrogens is 176 g/mol. The fourth-order valence-corrected chi connectivity index (χ4v) is 0.633. The molecule has 0 radical (unpaired) electrons. The van der Waals surface area contributed by atoms with Gasteiger partial charge in [-0.2, -0.15) is 0 Å². The number of aliphatic hydroxyl groups is 1. The molecule has 0 bridgehead atoms. The van der Waals surface area contributed by atoms with Crippen molar-refractivity contribution in [2.75, 3.05) is 13.2 Å². The summed E-state index contributed by atoms with van der Waals surface area (Å²) in [5.74, 6) is -1.26. The lowest BCUT2D eigenvalue weighted by molar-refractivity contribution is -0.140. The Morgan fingerprint density at radius 1 is 1.46 bits per heavy atom. The molecule has 2 amide bonds. The number of carbonyl (C=O) groups excluding carboxylic acids is 1. The van der Waals surface area contributed by atoms with Gasteiger partial charge in [-0.25, -0.2) is 9.59 Å². The first-order valence-corrected chi connectivity index (χ1v) is 3.99. The van der Waals surface area contributed by atoms with Gasteiger partial charge in [-0.05, 0) is 6.42 Å². The number of hydrogen-bond donors (Lipinski definition) is 4. The molecular formula is C7H14N2O4. The van der Waals surface area contributed by atoms with E-state index in [0.717, 1.165) is 6.42 Å². The quantitative estimate of drug-likeness (QED) is 0.453. The summed E-state index contributed by atoms with van der Waals surface area (Å²) in [6.45, 7) is 1.74. The van der Waals surface area contributed by atoms with E-state index in [1.54, 1.807) is 0 Å². The molecule has 0 aliphatic carbocycles. The van der Waals surface area contributed by atoms with E-state index in [1.807, 2.05) is 6.92 Å². The average Bonchev–Trinajstić information content (AvgIpc) is 2.10. The Labute approximate surface area is 75.9 Å². The van der Waals surface area contributed by atoms with Crippen LogP contribution in [0.2, 0.25) is 0 Å². The molecule has 0 fully saturated rings. The highest BCUT2D eigenvalue weighted by Crippen LogP contribution is 1.82. The van der Waals surface area contributed by atoms with Gasteiger partial charge in [0.25, 0.3) is 0 Å². The lowest BCUT2D eigenvalue weighted by Gasteiger charge is -2.11.